The van der Waals surface area contributed by atoms with Crippen molar-refractivity contribution in [1.82, 2.24) is 0 Å². The highest BCUT2D eigenvalue weighted by atomic mass is 16.7. The van der Waals surface area contributed by atoms with Gasteiger partial charge in [0.05, 0.1) is 19.3 Å². The molecule has 0 aromatic carbocycles. The van der Waals surface area contributed by atoms with Crippen molar-refractivity contribution in [3.63, 3.8) is 0 Å². The van der Waals surface area contributed by atoms with E-state index in [0.29, 0.717) is 0 Å². The van der Waals surface area contributed by atoms with Gasteiger partial charge < -0.3 is 45.2 Å². The second kappa shape index (κ2) is 8.70. The van der Waals surface area contributed by atoms with Crippen LogP contribution in [0.5, 0.6) is 0 Å². The topological polar surface area (TPSA) is 177 Å². The van der Waals surface area contributed by atoms with E-state index in [9.17, 15) is 25.2 Å². The molecular weight excluding hydrogens is 304 g/mol. The highest BCUT2D eigenvalue weighted by molar-refractivity contribution is 5.66. The van der Waals surface area contributed by atoms with E-state index in [4.69, 9.17) is 24.8 Å². The summed E-state index contributed by atoms with van der Waals surface area (Å²) in [4.78, 5) is 10.6. The zero-order valence-electron chi connectivity index (χ0n) is 11.7. The van der Waals surface area contributed by atoms with Gasteiger partial charge in [0.15, 0.2) is 6.29 Å². The van der Waals surface area contributed by atoms with Crippen LogP contribution in [0.25, 0.3) is 0 Å². The standard InChI is InChI=1S/C12H22O10/c13-3-5(15)6(1-2-8(16)17)21-12-11(20)10(19)9(18)7(4-14)22-12/h5-7,9-15,18-20H,1-4H2,(H,16,17). The molecule has 1 aliphatic rings. The first-order chi connectivity index (χ1) is 10.3. The van der Waals surface area contributed by atoms with E-state index in [0.717, 1.165) is 0 Å². The van der Waals surface area contributed by atoms with E-state index < -0.39 is 62.1 Å². The molecular formula is C12H22O10. The fourth-order valence-electron chi connectivity index (χ4n) is 2.09. The Kier molecular flexibility index (Phi) is 7.59. The quantitative estimate of drug-likeness (QED) is 0.236. The molecule has 0 saturated carbocycles. The van der Waals surface area contributed by atoms with Gasteiger partial charge in [0.25, 0.3) is 0 Å². The second-order valence-corrected chi connectivity index (χ2v) is 5.05. The number of aliphatic carboxylic acids is 1. The fourth-order valence-corrected chi connectivity index (χ4v) is 2.09. The number of aliphatic hydroxyl groups excluding tert-OH is 6. The predicted molar refractivity (Wildman–Crippen MR) is 68.6 cm³/mol. The molecule has 1 aliphatic heterocycles. The molecule has 1 rings (SSSR count). The van der Waals surface area contributed by atoms with Crippen molar-refractivity contribution in [3.05, 3.63) is 0 Å². The maximum absolute atomic E-state index is 10.6. The highest BCUT2D eigenvalue weighted by Crippen LogP contribution is 2.24. The van der Waals surface area contributed by atoms with Crippen molar-refractivity contribution < 1.29 is 50.0 Å². The van der Waals surface area contributed by atoms with Crippen LogP contribution in [0, 0.1) is 0 Å². The summed E-state index contributed by atoms with van der Waals surface area (Å²) in [7, 11) is 0. The van der Waals surface area contributed by atoms with Crippen LogP contribution in [0.2, 0.25) is 0 Å². The number of carboxylic acid groups (broad SMARTS) is 1. The molecule has 0 radical (unpaired) electrons. The zero-order valence-corrected chi connectivity index (χ0v) is 11.7. The molecule has 10 heteroatoms. The first kappa shape index (κ1) is 19.2. The Labute approximate surface area is 126 Å². The molecule has 0 aromatic heterocycles. The monoisotopic (exact) mass is 326 g/mol. The van der Waals surface area contributed by atoms with Crippen molar-refractivity contribution in [2.24, 2.45) is 0 Å². The van der Waals surface area contributed by atoms with E-state index in [2.05, 4.69) is 0 Å². The SMILES string of the molecule is O=C(O)CCC(OC1OC(CO)C(O)C(O)C1O)C(O)CO. The molecule has 1 fully saturated rings. The Bertz CT molecular complexity index is 349. The molecule has 22 heavy (non-hydrogen) atoms. The van der Waals surface area contributed by atoms with Crippen molar-refractivity contribution in [1.29, 1.82) is 0 Å². The highest BCUT2D eigenvalue weighted by Gasteiger charge is 2.45. The van der Waals surface area contributed by atoms with E-state index in [1.165, 1.54) is 0 Å². The van der Waals surface area contributed by atoms with E-state index >= 15 is 0 Å². The molecule has 0 amide bonds. The molecule has 0 spiro atoms. The van der Waals surface area contributed by atoms with Crippen LogP contribution >= 0.6 is 0 Å². The minimum Gasteiger partial charge on any atom is -0.481 e. The van der Waals surface area contributed by atoms with Gasteiger partial charge in [-0.05, 0) is 6.42 Å². The summed E-state index contributed by atoms with van der Waals surface area (Å²) in [5, 5.41) is 65.3. The third-order valence-corrected chi connectivity index (χ3v) is 3.42. The number of hydrogen-bond acceptors (Lipinski definition) is 9. The van der Waals surface area contributed by atoms with Gasteiger partial charge in [-0.25, -0.2) is 0 Å². The van der Waals surface area contributed by atoms with Gasteiger partial charge in [-0.15, -0.1) is 0 Å². The summed E-state index contributed by atoms with van der Waals surface area (Å²) in [6.45, 7) is -1.35. The van der Waals surface area contributed by atoms with Crippen LogP contribution in [0.3, 0.4) is 0 Å². The van der Waals surface area contributed by atoms with Crippen LogP contribution in [-0.4, -0.2) is 97.8 Å². The zero-order chi connectivity index (χ0) is 16.9. The van der Waals surface area contributed by atoms with E-state index in [1.807, 2.05) is 0 Å². The lowest BCUT2D eigenvalue weighted by Gasteiger charge is -2.41. The van der Waals surface area contributed by atoms with Crippen molar-refractivity contribution >= 4 is 5.97 Å². The molecule has 7 N–H and O–H groups in total. The van der Waals surface area contributed by atoms with E-state index in [1.54, 1.807) is 0 Å². The maximum atomic E-state index is 10.6. The summed E-state index contributed by atoms with van der Waals surface area (Å²) in [6, 6.07) is 0. The predicted octanol–water partition coefficient (Wildman–Crippen LogP) is -3.61. The molecule has 130 valence electrons. The number of rotatable bonds is 8. The van der Waals surface area contributed by atoms with E-state index in [-0.39, 0.29) is 12.8 Å². The molecule has 0 aromatic rings. The number of hydrogen-bond donors (Lipinski definition) is 7. The normalized spacial score (nSPS) is 35.1. The summed E-state index contributed by atoms with van der Waals surface area (Å²) in [5.41, 5.74) is 0. The Hall–Kier alpha value is -0.850. The second-order valence-electron chi connectivity index (χ2n) is 5.05. The van der Waals surface area contributed by atoms with Crippen molar-refractivity contribution in [3.8, 4) is 0 Å². The lowest BCUT2D eigenvalue weighted by molar-refractivity contribution is -0.318. The van der Waals surface area contributed by atoms with Gasteiger partial charge in [-0.1, -0.05) is 0 Å². The smallest absolute Gasteiger partial charge is 0.303 e. The van der Waals surface area contributed by atoms with Gasteiger partial charge >= 0.3 is 5.97 Å². The van der Waals surface area contributed by atoms with Crippen LogP contribution in [0.4, 0.5) is 0 Å². The minimum absolute atomic E-state index is 0.175. The first-order valence-electron chi connectivity index (χ1n) is 6.78. The van der Waals surface area contributed by atoms with Gasteiger partial charge in [0.1, 0.15) is 30.5 Å². The molecule has 0 bridgehead atoms. The average molecular weight is 326 g/mol. The lowest BCUT2D eigenvalue weighted by atomic mass is 9.99. The largest absolute Gasteiger partial charge is 0.481 e. The van der Waals surface area contributed by atoms with Crippen LogP contribution in [-0.2, 0) is 14.3 Å². The molecule has 10 nitrogen and oxygen atoms in total. The molecule has 0 aliphatic carbocycles. The maximum Gasteiger partial charge on any atom is 0.303 e. The van der Waals surface area contributed by atoms with Crippen LogP contribution < -0.4 is 0 Å². The van der Waals surface area contributed by atoms with Crippen LogP contribution in [0.15, 0.2) is 0 Å². The van der Waals surface area contributed by atoms with Gasteiger partial charge in [-0.2, -0.15) is 0 Å². The number of carbonyl (C=O) groups is 1. The Balaban J connectivity index is 2.75. The Morgan fingerprint density at radius 3 is 2.27 bits per heavy atom. The van der Waals surface area contributed by atoms with Gasteiger partial charge in [-0.3, -0.25) is 4.79 Å². The third kappa shape index (κ3) is 4.83. The Morgan fingerprint density at radius 1 is 1.14 bits per heavy atom. The van der Waals surface area contributed by atoms with Gasteiger partial charge in [0, 0.05) is 6.42 Å². The third-order valence-electron chi connectivity index (χ3n) is 3.42. The molecule has 1 heterocycles. The lowest BCUT2D eigenvalue weighted by Crippen LogP contribution is -2.60. The van der Waals surface area contributed by atoms with Crippen molar-refractivity contribution in [2.45, 2.75) is 55.8 Å². The summed E-state index contributed by atoms with van der Waals surface area (Å²) < 4.78 is 10.3. The fraction of sp³-hybridized carbons (Fsp3) is 0.917. The Morgan fingerprint density at radius 2 is 1.77 bits per heavy atom. The van der Waals surface area contributed by atoms with Crippen molar-refractivity contribution in [2.75, 3.05) is 13.2 Å². The summed E-state index contributed by atoms with van der Waals surface area (Å²) >= 11 is 0. The minimum atomic E-state index is -1.67. The summed E-state index contributed by atoms with van der Waals surface area (Å²) in [5.74, 6) is -1.15. The number of carboxylic acids is 1. The van der Waals surface area contributed by atoms with Crippen LogP contribution in [0.1, 0.15) is 12.8 Å². The molecule has 7 atom stereocenters. The number of ether oxygens (including phenoxy) is 2. The summed E-state index contributed by atoms with van der Waals surface area (Å²) in [6.07, 6.45) is -10.7. The number of aliphatic hydroxyl groups is 6. The first-order valence-corrected chi connectivity index (χ1v) is 6.78. The average Bonchev–Trinajstić information content (AvgIpc) is 2.50. The molecule has 7 unspecified atom stereocenters. The van der Waals surface area contributed by atoms with Gasteiger partial charge in [0.2, 0.25) is 0 Å². The molecule has 1 saturated heterocycles.